The van der Waals surface area contributed by atoms with E-state index >= 15 is 0 Å². The van der Waals surface area contributed by atoms with Gasteiger partial charge >= 0.3 is 5.97 Å². The summed E-state index contributed by atoms with van der Waals surface area (Å²) in [6, 6.07) is 3.52. The quantitative estimate of drug-likeness (QED) is 0.600. The predicted octanol–water partition coefficient (Wildman–Crippen LogP) is 1.96. The first-order valence-corrected chi connectivity index (χ1v) is 5.55. The number of anilines is 1. The molecule has 0 aliphatic heterocycles. The van der Waals surface area contributed by atoms with Gasteiger partial charge in [0.15, 0.2) is 11.6 Å². The Morgan fingerprint density at radius 3 is 2.78 bits per heavy atom. The second-order valence-electron chi connectivity index (χ2n) is 3.41. The Kier molecular flexibility index (Phi) is 6.07. The minimum absolute atomic E-state index is 0.118. The summed E-state index contributed by atoms with van der Waals surface area (Å²) in [6.45, 7) is 2.55. The highest BCUT2D eigenvalue weighted by atomic mass is 19.2. The summed E-state index contributed by atoms with van der Waals surface area (Å²) in [7, 11) is 0. The second kappa shape index (κ2) is 7.60. The molecule has 0 atom stereocenters. The number of hydrogen-bond acceptors (Lipinski definition) is 4. The van der Waals surface area contributed by atoms with E-state index in [-0.39, 0.29) is 13.2 Å². The van der Waals surface area contributed by atoms with E-state index in [1.54, 1.807) is 6.92 Å². The van der Waals surface area contributed by atoms with Gasteiger partial charge in [0.05, 0.1) is 13.2 Å². The van der Waals surface area contributed by atoms with Crippen LogP contribution in [0.3, 0.4) is 0 Å². The third-order valence-electron chi connectivity index (χ3n) is 2.02. The highest BCUT2D eigenvalue weighted by Crippen LogP contribution is 2.12. The molecule has 0 saturated heterocycles. The molecule has 0 aliphatic carbocycles. The molecule has 0 radical (unpaired) electrons. The van der Waals surface area contributed by atoms with Crippen molar-refractivity contribution in [2.45, 2.75) is 6.92 Å². The Labute approximate surface area is 104 Å². The minimum atomic E-state index is -0.910. The summed E-state index contributed by atoms with van der Waals surface area (Å²) < 4.78 is 35.1. The van der Waals surface area contributed by atoms with Gasteiger partial charge in [0.25, 0.3) is 0 Å². The Morgan fingerprint density at radius 1 is 1.33 bits per heavy atom. The number of rotatable bonds is 7. The van der Waals surface area contributed by atoms with Crippen molar-refractivity contribution in [1.82, 2.24) is 0 Å². The molecular formula is C12H15F2NO3. The lowest BCUT2D eigenvalue weighted by Crippen LogP contribution is -2.16. The first-order chi connectivity index (χ1) is 8.63. The Morgan fingerprint density at radius 2 is 2.11 bits per heavy atom. The van der Waals surface area contributed by atoms with Crippen molar-refractivity contribution in [2.75, 3.05) is 31.7 Å². The summed E-state index contributed by atoms with van der Waals surface area (Å²) in [5.41, 5.74) is 0.452. The number of ether oxygens (including phenoxy) is 2. The fourth-order valence-electron chi connectivity index (χ4n) is 1.23. The van der Waals surface area contributed by atoms with Crippen LogP contribution < -0.4 is 5.32 Å². The van der Waals surface area contributed by atoms with Crippen molar-refractivity contribution in [2.24, 2.45) is 0 Å². The van der Waals surface area contributed by atoms with Crippen LogP contribution in [0.5, 0.6) is 0 Å². The van der Waals surface area contributed by atoms with Gasteiger partial charge in [0.1, 0.15) is 6.61 Å². The van der Waals surface area contributed by atoms with Crippen molar-refractivity contribution in [1.29, 1.82) is 0 Å². The first kappa shape index (κ1) is 14.4. The van der Waals surface area contributed by atoms with Crippen LogP contribution in [0, 0.1) is 11.6 Å². The number of benzene rings is 1. The molecule has 1 aromatic rings. The van der Waals surface area contributed by atoms with Crippen molar-refractivity contribution in [3.05, 3.63) is 29.8 Å². The molecule has 0 aromatic heterocycles. The highest BCUT2D eigenvalue weighted by molar-refractivity contribution is 5.70. The van der Waals surface area contributed by atoms with Gasteiger partial charge in [-0.25, -0.2) is 13.6 Å². The maximum Gasteiger partial charge on any atom is 0.332 e. The smallest absolute Gasteiger partial charge is 0.332 e. The van der Waals surface area contributed by atoms with E-state index in [1.807, 2.05) is 0 Å². The van der Waals surface area contributed by atoms with E-state index in [0.29, 0.717) is 18.8 Å². The number of carbonyl (C=O) groups is 1. The van der Waals surface area contributed by atoms with Gasteiger partial charge in [-0.05, 0) is 19.1 Å². The van der Waals surface area contributed by atoms with E-state index in [4.69, 9.17) is 4.74 Å². The SMILES string of the molecule is CCOC(=O)COCCNc1ccc(F)c(F)c1. The van der Waals surface area contributed by atoms with Gasteiger partial charge < -0.3 is 14.8 Å². The summed E-state index contributed by atoms with van der Waals surface area (Å²) in [5, 5.41) is 2.83. The molecule has 1 aromatic carbocycles. The van der Waals surface area contributed by atoms with Gasteiger partial charge in [-0.3, -0.25) is 0 Å². The minimum Gasteiger partial charge on any atom is -0.464 e. The lowest BCUT2D eigenvalue weighted by Gasteiger charge is -2.07. The number of carbonyl (C=O) groups excluding carboxylic acids is 1. The Bertz CT molecular complexity index is 399. The van der Waals surface area contributed by atoms with Gasteiger partial charge in [-0.2, -0.15) is 0 Å². The molecule has 1 N–H and O–H groups in total. The van der Waals surface area contributed by atoms with Gasteiger partial charge in [-0.1, -0.05) is 0 Å². The normalized spacial score (nSPS) is 10.2. The van der Waals surface area contributed by atoms with Crippen molar-refractivity contribution in [3.8, 4) is 0 Å². The third kappa shape index (κ3) is 5.09. The van der Waals surface area contributed by atoms with E-state index < -0.39 is 17.6 Å². The molecular weight excluding hydrogens is 244 g/mol. The average molecular weight is 259 g/mol. The first-order valence-electron chi connectivity index (χ1n) is 5.55. The van der Waals surface area contributed by atoms with Crippen molar-refractivity contribution in [3.63, 3.8) is 0 Å². The van der Waals surface area contributed by atoms with Crippen molar-refractivity contribution >= 4 is 11.7 Å². The summed E-state index contributed by atoms with van der Waals surface area (Å²) in [4.78, 5) is 10.9. The number of nitrogens with one attached hydrogen (secondary N) is 1. The number of halogens is 2. The number of esters is 1. The van der Waals surface area contributed by atoms with Crippen molar-refractivity contribution < 1.29 is 23.0 Å². The third-order valence-corrected chi connectivity index (χ3v) is 2.02. The zero-order valence-electron chi connectivity index (χ0n) is 10.0. The fourth-order valence-corrected chi connectivity index (χ4v) is 1.23. The highest BCUT2D eigenvalue weighted by Gasteiger charge is 2.03. The topological polar surface area (TPSA) is 47.6 Å². The lowest BCUT2D eigenvalue weighted by atomic mass is 10.3. The van der Waals surface area contributed by atoms with E-state index in [2.05, 4.69) is 10.1 Å². The van der Waals surface area contributed by atoms with E-state index in [9.17, 15) is 13.6 Å². The second-order valence-corrected chi connectivity index (χ2v) is 3.41. The standard InChI is InChI=1S/C12H15F2NO3/c1-2-18-12(16)8-17-6-5-15-9-3-4-10(13)11(14)7-9/h3-4,7,15H,2,5-6,8H2,1H3. The molecule has 6 heteroatoms. The number of hydrogen-bond donors (Lipinski definition) is 1. The van der Waals surface area contributed by atoms with Crippen LogP contribution in [-0.4, -0.2) is 32.3 Å². The molecule has 0 bridgehead atoms. The largest absolute Gasteiger partial charge is 0.464 e. The zero-order valence-corrected chi connectivity index (χ0v) is 10.0. The van der Waals surface area contributed by atoms with Gasteiger partial charge in [-0.15, -0.1) is 0 Å². The van der Waals surface area contributed by atoms with Crippen LogP contribution in [0.1, 0.15) is 6.92 Å². The maximum absolute atomic E-state index is 12.8. The molecule has 0 saturated carbocycles. The molecule has 100 valence electrons. The predicted molar refractivity (Wildman–Crippen MR) is 62.3 cm³/mol. The average Bonchev–Trinajstić information content (AvgIpc) is 2.33. The fraction of sp³-hybridized carbons (Fsp3) is 0.417. The van der Waals surface area contributed by atoms with Crippen LogP contribution in [0.15, 0.2) is 18.2 Å². The lowest BCUT2D eigenvalue weighted by molar-refractivity contribution is -0.148. The van der Waals surface area contributed by atoms with Gasteiger partial charge in [0, 0.05) is 18.3 Å². The molecule has 0 fully saturated rings. The molecule has 0 amide bonds. The van der Waals surface area contributed by atoms with Crippen LogP contribution in [-0.2, 0) is 14.3 Å². The molecule has 4 nitrogen and oxygen atoms in total. The summed E-state index contributed by atoms with van der Waals surface area (Å²) >= 11 is 0. The zero-order chi connectivity index (χ0) is 13.4. The molecule has 0 heterocycles. The molecule has 0 aliphatic rings. The molecule has 1 rings (SSSR count). The Balaban J connectivity index is 2.18. The molecule has 18 heavy (non-hydrogen) atoms. The molecule has 0 unspecified atom stereocenters. The monoisotopic (exact) mass is 259 g/mol. The summed E-state index contributed by atoms with van der Waals surface area (Å²) in [5.74, 6) is -2.23. The van der Waals surface area contributed by atoms with Crippen LogP contribution in [0.4, 0.5) is 14.5 Å². The molecule has 0 spiro atoms. The van der Waals surface area contributed by atoms with Gasteiger partial charge in [0.2, 0.25) is 0 Å². The van der Waals surface area contributed by atoms with Crippen LogP contribution in [0.25, 0.3) is 0 Å². The Hall–Kier alpha value is -1.69. The van der Waals surface area contributed by atoms with E-state index in [1.165, 1.54) is 6.07 Å². The maximum atomic E-state index is 12.8. The van der Waals surface area contributed by atoms with Crippen LogP contribution >= 0.6 is 0 Å². The van der Waals surface area contributed by atoms with Crippen LogP contribution in [0.2, 0.25) is 0 Å². The van der Waals surface area contributed by atoms with E-state index in [0.717, 1.165) is 12.1 Å². The summed E-state index contributed by atoms with van der Waals surface area (Å²) in [6.07, 6.45) is 0.